The van der Waals surface area contributed by atoms with Gasteiger partial charge < -0.3 is 14.9 Å². The van der Waals surface area contributed by atoms with E-state index in [4.69, 9.17) is 5.11 Å². The molecule has 2 rings (SSSR count). The van der Waals surface area contributed by atoms with E-state index in [1.54, 1.807) is 16.7 Å². The number of carbonyl (C=O) groups excluding carboxylic acids is 1. The zero-order valence-electron chi connectivity index (χ0n) is 10.2. The Morgan fingerprint density at radius 2 is 2.06 bits per heavy atom. The highest BCUT2D eigenvalue weighted by Gasteiger charge is 2.50. The summed E-state index contributed by atoms with van der Waals surface area (Å²) in [6.45, 7) is 1.93. The Morgan fingerprint density at radius 1 is 1.47 bits per heavy atom. The van der Waals surface area contributed by atoms with E-state index in [9.17, 15) is 9.59 Å². The number of rotatable bonds is 2. The van der Waals surface area contributed by atoms with Crippen LogP contribution in [0.4, 0.5) is 0 Å². The molecule has 1 unspecified atom stereocenters. The van der Waals surface area contributed by atoms with E-state index in [0.717, 1.165) is 25.9 Å². The molecule has 96 valence electrons. The molecule has 0 aromatic carbocycles. The third-order valence-electron chi connectivity index (χ3n) is 3.71. The molecular formula is C11H18N2O3S. The molecule has 2 saturated heterocycles. The molecule has 0 aliphatic carbocycles. The maximum absolute atomic E-state index is 12.0. The molecular weight excluding hydrogens is 240 g/mol. The number of amides is 1. The molecule has 0 aromatic rings. The summed E-state index contributed by atoms with van der Waals surface area (Å²) in [5.74, 6) is -0.920. The van der Waals surface area contributed by atoms with Crippen LogP contribution in [0.25, 0.3) is 0 Å². The van der Waals surface area contributed by atoms with Crippen molar-refractivity contribution in [2.45, 2.75) is 29.4 Å². The van der Waals surface area contributed by atoms with Crippen LogP contribution in [0.15, 0.2) is 0 Å². The summed E-state index contributed by atoms with van der Waals surface area (Å²) in [6.07, 6.45) is 1.78. The van der Waals surface area contributed by atoms with Crippen LogP contribution in [-0.4, -0.2) is 64.1 Å². The van der Waals surface area contributed by atoms with Crippen molar-refractivity contribution in [3.05, 3.63) is 0 Å². The number of piperidine rings is 1. The predicted molar refractivity (Wildman–Crippen MR) is 65.9 cm³/mol. The maximum atomic E-state index is 12.0. The average molecular weight is 258 g/mol. The molecule has 5 nitrogen and oxygen atoms in total. The van der Waals surface area contributed by atoms with Crippen molar-refractivity contribution in [2.24, 2.45) is 0 Å². The minimum Gasteiger partial charge on any atom is -0.481 e. The Morgan fingerprint density at radius 3 is 2.59 bits per heavy atom. The fourth-order valence-electron chi connectivity index (χ4n) is 2.52. The first-order chi connectivity index (χ1) is 7.94. The highest BCUT2D eigenvalue weighted by molar-refractivity contribution is 8.02. The molecule has 2 aliphatic rings. The topological polar surface area (TPSA) is 60.9 Å². The van der Waals surface area contributed by atoms with Crippen molar-refractivity contribution in [3.63, 3.8) is 0 Å². The fourth-order valence-corrected chi connectivity index (χ4v) is 4.20. The van der Waals surface area contributed by atoms with Gasteiger partial charge in [0.25, 0.3) is 0 Å². The first-order valence-electron chi connectivity index (χ1n) is 5.80. The number of carboxylic acids is 1. The Balaban J connectivity index is 2.10. The first-order valence-corrected chi connectivity index (χ1v) is 6.68. The molecule has 2 fully saturated rings. The van der Waals surface area contributed by atoms with Gasteiger partial charge in [0.2, 0.25) is 5.91 Å². The highest BCUT2D eigenvalue weighted by atomic mass is 32.2. The van der Waals surface area contributed by atoms with Crippen molar-refractivity contribution in [3.8, 4) is 0 Å². The number of hydrogen-bond donors (Lipinski definition) is 1. The van der Waals surface area contributed by atoms with Gasteiger partial charge in [-0.05, 0) is 19.9 Å². The molecule has 0 radical (unpaired) electrons. The Hall–Kier alpha value is -0.750. The first kappa shape index (κ1) is 12.7. The third kappa shape index (κ3) is 2.28. The number of hydrogen-bond acceptors (Lipinski definition) is 4. The van der Waals surface area contributed by atoms with Crippen molar-refractivity contribution in [2.75, 3.05) is 27.2 Å². The Bertz CT molecular complexity index is 340. The van der Waals surface area contributed by atoms with Crippen molar-refractivity contribution in [1.82, 2.24) is 9.80 Å². The Kier molecular flexibility index (Phi) is 3.36. The number of thioether (sulfide) groups is 1. The molecule has 2 heterocycles. The smallest absolute Gasteiger partial charge is 0.305 e. The molecule has 0 saturated carbocycles. The molecule has 1 amide bonds. The number of aliphatic carboxylic acids is 1. The predicted octanol–water partition coefficient (Wildman–Crippen LogP) is 0.457. The van der Waals surface area contributed by atoms with Gasteiger partial charge in [0.1, 0.15) is 0 Å². The highest BCUT2D eigenvalue weighted by Crippen LogP contribution is 2.47. The van der Waals surface area contributed by atoms with Crippen LogP contribution in [0.2, 0.25) is 0 Å². The molecule has 1 atom stereocenters. The molecule has 1 spiro atoms. The van der Waals surface area contributed by atoms with Crippen molar-refractivity contribution < 1.29 is 14.7 Å². The SMILES string of the molecule is CN1CCC2(CC1)SC(CC(=O)O)C(=O)N2C. The van der Waals surface area contributed by atoms with Gasteiger partial charge >= 0.3 is 5.97 Å². The lowest BCUT2D eigenvalue weighted by molar-refractivity contribution is -0.140. The minimum absolute atomic E-state index is 0.0260. The summed E-state index contributed by atoms with van der Waals surface area (Å²) in [4.78, 5) is 26.6. The van der Waals surface area contributed by atoms with Gasteiger partial charge in [-0.2, -0.15) is 0 Å². The van der Waals surface area contributed by atoms with E-state index in [1.807, 2.05) is 7.05 Å². The lowest BCUT2D eigenvalue weighted by Crippen LogP contribution is -2.49. The number of carbonyl (C=O) groups is 2. The van der Waals surface area contributed by atoms with Gasteiger partial charge in [-0.3, -0.25) is 9.59 Å². The van der Waals surface area contributed by atoms with Crippen LogP contribution in [0, 0.1) is 0 Å². The summed E-state index contributed by atoms with van der Waals surface area (Å²) in [6, 6.07) is 0. The van der Waals surface area contributed by atoms with Gasteiger partial charge in [0, 0.05) is 20.1 Å². The number of carboxylic acid groups (broad SMARTS) is 1. The molecule has 1 N–H and O–H groups in total. The standard InChI is InChI=1S/C11H18N2O3S/c1-12-5-3-11(4-6-12)13(2)10(16)8(17-11)7-9(14)15/h8H,3-7H2,1-2H3,(H,14,15). The van der Waals surface area contributed by atoms with Gasteiger partial charge in [-0.1, -0.05) is 0 Å². The van der Waals surface area contributed by atoms with E-state index >= 15 is 0 Å². The van der Waals surface area contributed by atoms with Crippen LogP contribution in [0.5, 0.6) is 0 Å². The van der Waals surface area contributed by atoms with Gasteiger partial charge in [-0.15, -0.1) is 11.8 Å². The van der Waals surface area contributed by atoms with Crippen LogP contribution in [0.3, 0.4) is 0 Å². The lowest BCUT2D eigenvalue weighted by Gasteiger charge is -2.41. The quantitative estimate of drug-likeness (QED) is 0.779. The third-order valence-corrected chi connectivity index (χ3v) is 5.48. The minimum atomic E-state index is -0.894. The van der Waals surface area contributed by atoms with E-state index in [1.165, 1.54) is 0 Å². The van der Waals surface area contributed by atoms with E-state index in [2.05, 4.69) is 11.9 Å². The maximum Gasteiger partial charge on any atom is 0.305 e. The zero-order valence-corrected chi connectivity index (χ0v) is 11.0. The molecule has 0 bridgehead atoms. The van der Waals surface area contributed by atoms with Crippen LogP contribution < -0.4 is 0 Å². The summed E-state index contributed by atoms with van der Waals surface area (Å²) >= 11 is 1.55. The van der Waals surface area contributed by atoms with Gasteiger partial charge in [0.15, 0.2) is 0 Å². The van der Waals surface area contributed by atoms with E-state index < -0.39 is 11.2 Å². The summed E-state index contributed by atoms with van der Waals surface area (Å²) in [5.41, 5.74) is 0. The van der Waals surface area contributed by atoms with Crippen LogP contribution >= 0.6 is 11.8 Å². The fraction of sp³-hybridized carbons (Fsp3) is 0.818. The second-order valence-corrected chi connectivity index (χ2v) is 6.42. The van der Waals surface area contributed by atoms with Gasteiger partial charge in [-0.25, -0.2) is 0 Å². The molecule has 17 heavy (non-hydrogen) atoms. The molecule has 2 aliphatic heterocycles. The van der Waals surface area contributed by atoms with E-state index in [-0.39, 0.29) is 17.2 Å². The molecule has 0 aromatic heterocycles. The lowest BCUT2D eigenvalue weighted by atomic mass is 10.0. The van der Waals surface area contributed by atoms with Crippen LogP contribution in [-0.2, 0) is 9.59 Å². The van der Waals surface area contributed by atoms with E-state index in [0.29, 0.717) is 0 Å². The second kappa shape index (κ2) is 4.49. The monoisotopic (exact) mass is 258 g/mol. The zero-order chi connectivity index (χ0) is 12.6. The van der Waals surface area contributed by atoms with Crippen LogP contribution in [0.1, 0.15) is 19.3 Å². The second-order valence-electron chi connectivity index (χ2n) is 4.85. The summed E-state index contributed by atoms with van der Waals surface area (Å²) < 4.78 is 0. The summed E-state index contributed by atoms with van der Waals surface area (Å²) in [7, 11) is 3.88. The number of nitrogens with zero attached hydrogens (tertiary/aromatic N) is 2. The van der Waals surface area contributed by atoms with Crippen molar-refractivity contribution in [1.29, 1.82) is 0 Å². The van der Waals surface area contributed by atoms with Crippen molar-refractivity contribution >= 4 is 23.6 Å². The summed E-state index contributed by atoms with van der Waals surface area (Å²) in [5, 5.41) is 8.41. The largest absolute Gasteiger partial charge is 0.481 e. The Labute approximate surface area is 105 Å². The number of likely N-dealkylation sites (tertiary alicyclic amines) is 1. The normalized spacial score (nSPS) is 28.9. The molecule has 6 heteroatoms. The average Bonchev–Trinajstić information content (AvgIpc) is 2.49. The van der Waals surface area contributed by atoms with Gasteiger partial charge in [0.05, 0.1) is 16.5 Å².